The Morgan fingerprint density at radius 2 is 1.57 bits per heavy atom. The summed E-state index contributed by atoms with van der Waals surface area (Å²) in [6.07, 6.45) is 0. The summed E-state index contributed by atoms with van der Waals surface area (Å²) in [6.45, 7) is 9.75. The Balaban J connectivity index is 1.51. The summed E-state index contributed by atoms with van der Waals surface area (Å²) in [6, 6.07) is 16.9. The van der Waals surface area contributed by atoms with Crippen LogP contribution in [0.15, 0.2) is 54.6 Å². The lowest BCUT2D eigenvalue weighted by atomic mass is 10.1. The van der Waals surface area contributed by atoms with E-state index in [1.54, 1.807) is 12.1 Å². The number of carbonyl (C=O) groups excluding carboxylic acids is 1. The maximum atomic E-state index is 13.4. The summed E-state index contributed by atoms with van der Waals surface area (Å²) in [5.74, 6) is -0.172. The second-order valence-corrected chi connectivity index (χ2v) is 8.10. The molecule has 0 N–H and O–H groups in total. The number of aryl methyl sites for hydroxylation is 3. The highest BCUT2D eigenvalue weighted by molar-refractivity contribution is 5.94. The number of rotatable bonds is 4. The molecule has 0 bridgehead atoms. The van der Waals surface area contributed by atoms with Crippen molar-refractivity contribution in [3.05, 3.63) is 88.5 Å². The van der Waals surface area contributed by atoms with E-state index in [9.17, 15) is 9.18 Å². The van der Waals surface area contributed by atoms with Crippen LogP contribution in [0.3, 0.4) is 0 Å². The van der Waals surface area contributed by atoms with Gasteiger partial charge >= 0.3 is 0 Å². The van der Waals surface area contributed by atoms with E-state index >= 15 is 0 Å². The molecule has 1 aliphatic rings. The molecule has 1 fully saturated rings. The molecule has 156 valence electrons. The molecule has 3 aromatic rings. The standard InChI is InChI=1S/C25H28FN3O/c1-18-6-4-5-7-23(18)27-12-14-28(15-13-27)25(30)24-19(2)16-20(3)29(24)17-21-8-10-22(26)11-9-21/h4-11,16H,12-15,17H2,1-3H3. The summed E-state index contributed by atoms with van der Waals surface area (Å²) >= 11 is 0. The Hall–Kier alpha value is -3.08. The Labute approximate surface area is 177 Å². The van der Waals surface area contributed by atoms with Gasteiger partial charge in [0.1, 0.15) is 11.5 Å². The van der Waals surface area contributed by atoms with Crippen molar-refractivity contribution >= 4 is 11.6 Å². The van der Waals surface area contributed by atoms with Gasteiger partial charge in [0, 0.05) is 44.1 Å². The van der Waals surface area contributed by atoms with Gasteiger partial charge in [0.25, 0.3) is 5.91 Å². The molecule has 0 atom stereocenters. The molecule has 5 heteroatoms. The predicted molar refractivity (Wildman–Crippen MR) is 119 cm³/mol. The third-order valence-corrected chi connectivity index (χ3v) is 5.97. The average molecular weight is 406 g/mol. The van der Waals surface area contributed by atoms with Crippen molar-refractivity contribution in [2.75, 3.05) is 31.1 Å². The number of hydrogen-bond acceptors (Lipinski definition) is 2. The molecule has 0 spiro atoms. The van der Waals surface area contributed by atoms with Crippen LogP contribution >= 0.6 is 0 Å². The van der Waals surface area contributed by atoms with Gasteiger partial charge in [0.2, 0.25) is 0 Å². The Morgan fingerprint density at radius 3 is 2.23 bits per heavy atom. The van der Waals surface area contributed by atoms with Gasteiger partial charge in [0.05, 0.1) is 0 Å². The molecule has 0 saturated carbocycles. The van der Waals surface area contributed by atoms with Gasteiger partial charge in [-0.1, -0.05) is 30.3 Å². The number of amides is 1. The van der Waals surface area contributed by atoms with Gasteiger partial charge in [-0.15, -0.1) is 0 Å². The summed E-state index contributed by atoms with van der Waals surface area (Å²) in [5.41, 5.74) is 6.25. The molecule has 2 aromatic carbocycles. The normalized spacial score (nSPS) is 14.3. The smallest absolute Gasteiger partial charge is 0.270 e. The van der Waals surface area contributed by atoms with Crippen LogP contribution < -0.4 is 4.90 Å². The number of para-hydroxylation sites is 1. The summed E-state index contributed by atoms with van der Waals surface area (Å²) in [4.78, 5) is 17.7. The van der Waals surface area contributed by atoms with E-state index in [0.717, 1.165) is 35.6 Å². The highest BCUT2D eigenvalue weighted by Gasteiger charge is 2.27. The fourth-order valence-electron chi connectivity index (χ4n) is 4.33. The van der Waals surface area contributed by atoms with Gasteiger partial charge in [-0.2, -0.15) is 0 Å². The zero-order chi connectivity index (χ0) is 21.3. The minimum atomic E-state index is -0.248. The van der Waals surface area contributed by atoms with Crippen molar-refractivity contribution in [3.8, 4) is 0 Å². The minimum Gasteiger partial charge on any atom is -0.368 e. The maximum absolute atomic E-state index is 13.4. The summed E-state index contributed by atoms with van der Waals surface area (Å²) in [5, 5.41) is 0. The molecule has 1 aromatic heterocycles. The van der Waals surface area contributed by atoms with Gasteiger partial charge < -0.3 is 14.4 Å². The first-order valence-corrected chi connectivity index (χ1v) is 10.4. The van der Waals surface area contributed by atoms with E-state index in [1.807, 2.05) is 18.7 Å². The van der Waals surface area contributed by atoms with E-state index in [2.05, 4.69) is 46.7 Å². The maximum Gasteiger partial charge on any atom is 0.270 e. The molecular formula is C25H28FN3O. The van der Waals surface area contributed by atoms with Crippen LogP contribution in [0, 0.1) is 26.6 Å². The van der Waals surface area contributed by atoms with Crippen LogP contribution in [0.4, 0.5) is 10.1 Å². The summed E-state index contributed by atoms with van der Waals surface area (Å²) in [7, 11) is 0. The van der Waals surface area contributed by atoms with Crippen molar-refractivity contribution < 1.29 is 9.18 Å². The Kier molecular flexibility index (Phi) is 5.62. The van der Waals surface area contributed by atoms with Crippen LogP contribution in [0.2, 0.25) is 0 Å². The van der Waals surface area contributed by atoms with Crippen molar-refractivity contribution in [1.82, 2.24) is 9.47 Å². The van der Waals surface area contributed by atoms with E-state index in [0.29, 0.717) is 19.6 Å². The number of nitrogens with zero attached hydrogens (tertiary/aromatic N) is 3. The predicted octanol–water partition coefficient (Wildman–Crippen LogP) is 4.56. The molecule has 4 rings (SSSR count). The molecule has 0 radical (unpaired) electrons. The molecule has 0 aliphatic carbocycles. The third kappa shape index (κ3) is 3.97. The number of anilines is 1. The monoisotopic (exact) mass is 405 g/mol. The van der Waals surface area contributed by atoms with Gasteiger partial charge in [0.15, 0.2) is 0 Å². The van der Waals surface area contributed by atoms with E-state index < -0.39 is 0 Å². The number of piperazine rings is 1. The van der Waals surface area contributed by atoms with Crippen LogP contribution in [0.1, 0.15) is 32.9 Å². The van der Waals surface area contributed by atoms with E-state index in [1.165, 1.54) is 23.4 Å². The Bertz CT molecular complexity index is 1050. The van der Waals surface area contributed by atoms with Crippen LogP contribution in [-0.2, 0) is 6.54 Å². The highest BCUT2D eigenvalue weighted by atomic mass is 19.1. The van der Waals surface area contributed by atoms with Crippen LogP contribution in [0.25, 0.3) is 0 Å². The number of hydrogen-bond donors (Lipinski definition) is 0. The van der Waals surface area contributed by atoms with Crippen molar-refractivity contribution in [1.29, 1.82) is 0 Å². The lowest BCUT2D eigenvalue weighted by molar-refractivity contribution is 0.0735. The van der Waals surface area contributed by atoms with Crippen LogP contribution in [0.5, 0.6) is 0 Å². The average Bonchev–Trinajstić information content (AvgIpc) is 3.02. The van der Waals surface area contributed by atoms with Gasteiger partial charge in [-0.05, 0) is 61.7 Å². The second kappa shape index (κ2) is 8.34. The lowest BCUT2D eigenvalue weighted by Gasteiger charge is -2.37. The summed E-state index contributed by atoms with van der Waals surface area (Å²) < 4.78 is 15.3. The molecule has 1 amide bonds. The second-order valence-electron chi connectivity index (χ2n) is 8.10. The largest absolute Gasteiger partial charge is 0.368 e. The SMILES string of the molecule is Cc1ccccc1N1CCN(C(=O)c2c(C)cc(C)n2Cc2ccc(F)cc2)CC1. The van der Waals surface area contributed by atoms with Crippen molar-refractivity contribution in [3.63, 3.8) is 0 Å². The lowest BCUT2D eigenvalue weighted by Crippen LogP contribution is -2.49. The van der Waals surface area contributed by atoms with Gasteiger partial charge in [-0.25, -0.2) is 4.39 Å². The molecule has 2 heterocycles. The quantitative estimate of drug-likeness (QED) is 0.636. The van der Waals surface area contributed by atoms with E-state index in [-0.39, 0.29) is 11.7 Å². The van der Waals surface area contributed by atoms with Crippen molar-refractivity contribution in [2.24, 2.45) is 0 Å². The number of aromatic nitrogens is 1. The topological polar surface area (TPSA) is 28.5 Å². The van der Waals surface area contributed by atoms with Gasteiger partial charge in [-0.3, -0.25) is 4.79 Å². The molecule has 30 heavy (non-hydrogen) atoms. The van der Waals surface area contributed by atoms with E-state index in [4.69, 9.17) is 0 Å². The fourth-order valence-corrected chi connectivity index (χ4v) is 4.33. The first kappa shape index (κ1) is 20.2. The first-order valence-electron chi connectivity index (χ1n) is 10.4. The van der Waals surface area contributed by atoms with Crippen molar-refractivity contribution in [2.45, 2.75) is 27.3 Å². The molecule has 0 unspecified atom stereocenters. The first-order chi connectivity index (χ1) is 14.4. The minimum absolute atomic E-state index is 0.0761. The molecule has 1 saturated heterocycles. The fraction of sp³-hybridized carbons (Fsp3) is 0.320. The molecule has 1 aliphatic heterocycles. The zero-order valence-electron chi connectivity index (χ0n) is 17.9. The Morgan fingerprint density at radius 1 is 0.900 bits per heavy atom. The zero-order valence-corrected chi connectivity index (χ0v) is 17.9. The van der Waals surface area contributed by atoms with Crippen LogP contribution in [-0.4, -0.2) is 41.6 Å². The highest BCUT2D eigenvalue weighted by Crippen LogP contribution is 2.23. The molecular weight excluding hydrogens is 377 g/mol. The number of halogens is 1. The molecule has 4 nitrogen and oxygen atoms in total. The number of carbonyl (C=O) groups is 1. The number of benzene rings is 2. The third-order valence-electron chi connectivity index (χ3n) is 5.97.